The van der Waals surface area contributed by atoms with Gasteiger partial charge in [-0.25, -0.2) is 4.39 Å². The number of carbonyl (C=O) groups excluding carboxylic acids is 1. The van der Waals surface area contributed by atoms with E-state index < -0.39 is 0 Å². The van der Waals surface area contributed by atoms with Crippen molar-refractivity contribution in [2.24, 2.45) is 11.8 Å². The highest BCUT2D eigenvalue weighted by molar-refractivity contribution is 5.97. The molecule has 0 N–H and O–H groups in total. The Hall–Kier alpha value is -2.24. The number of carbonyl (C=O) groups is 1. The predicted molar refractivity (Wildman–Crippen MR) is 124 cm³/mol. The molecule has 0 spiro atoms. The predicted octanol–water partition coefficient (Wildman–Crippen LogP) is 4.75. The van der Waals surface area contributed by atoms with E-state index >= 15 is 0 Å². The Morgan fingerprint density at radius 3 is 2.48 bits per heavy atom. The van der Waals surface area contributed by atoms with Crippen LogP contribution < -0.4 is 4.90 Å². The molecule has 2 aromatic rings. The van der Waals surface area contributed by atoms with Crippen molar-refractivity contribution in [3.8, 4) is 0 Å². The Morgan fingerprint density at radius 2 is 1.84 bits per heavy atom. The highest BCUT2D eigenvalue weighted by atomic mass is 19.1. The highest BCUT2D eigenvalue weighted by Gasteiger charge is 2.34. The Labute approximate surface area is 186 Å². The van der Waals surface area contributed by atoms with E-state index in [0.29, 0.717) is 26.2 Å². The fourth-order valence-electron chi connectivity index (χ4n) is 4.61. The van der Waals surface area contributed by atoms with Gasteiger partial charge in [0.1, 0.15) is 5.82 Å². The van der Waals surface area contributed by atoms with E-state index in [4.69, 9.17) is 4.74 Å². The monoisotopic (exact) mass is 426 g/mol. The summed E-state index contributed by atoms with van der Waals surface area (Å²) in [6, 6.07) is 11.2. The molecule has 0 saturated carbocycles. The molecule has 5 heteroatoms. The van der Waals surface area contributed by atoms with E-state index in [9.17, 15) is 9.18 Å². The van der Waals surface area contributed by atoms with E-state index in [1.165, 1.54) is 6.07 Å². The number of amides is 1. The van der Waals surface area contributed by atoms with Gasteiger partial charge in [0.2, 0.25) is 5.91 Å². The van der Waals surface area contributed by atoms with Gasteiger partial charge in [-0.2, -0.15) is 0 Å². The molecular weight excluding hydrogens is 391 g/mol. The van der Waals surface area contributed by atoms with Crippen LogP contribution in [0.5, 0.6) is 0 Å². The molecule has 0 aliphatic carbocycles. The molecule has 1 aliphatic rings. The molecule has 3 rings (SSSR count). The van der Waals surface area contributed by atoms with Crippen LogP contribution in [0.4, 0.5) is 10.1 Å². The minimum Gasteiger partial charge on any atom is -0.375 e. The van der Waals surface area contributed by atoms with Gasteiger partial charge >= 0.3 is 0 Å². The Balaban J connectivity index is 1.76. The molecule has 2 atom stereocenters. The zero-order valence-electron chi connectivity index (χ0n) is 19.5. The summed E-state index contributed by atoms with van der Waals surface area (Å²) in [5.41, 5.74) is 5.01. The van der Waals surface area contributed by atoms with Crippen molar-refractivity contribution in [2.75, 3.05) is 38.7 Å². The fraction of sp³-hybridized carbons (Fsp3) is 0.500. The van der Waals surface area contributed by atoms with Crippen LogP contribution in [0.25, 0.3) is 0 Å². The quantitative estimate of drug-likeness (QED) is 0.571. The van der Waals surface area contributed by atoms with E-state index in [0.717, 1.165) is 40.9 Å². The number of benzene rings is 2. The average molecular weight is 427 g/mol. The molecule has 2 aromatic carbocycles. The second kappa shape index (κ2) is 10.4. The maximum Gasteiger partial charge on any atom is 0.229 e. The molecule has 168 valence electrons. The summed E-state index contributed by atoms with van der Waals surface area (Å²) >= 11 is 0. The van der Waals surface area contributed by atoms with Gasteiger partial charge in [-0.3, -0.25) is 4.79 Å². The number of rotatable bonds is 8. The van der Waals surface area contributed by atoms with Gasteiger partial charge in [-0.05, 0) is 75.0 Å². The van der Waals surface area contributed by atoms with E-state index in [-0.39, 0.29) is 23.6 Å². The summed E-state index contributed by atoms with van der Waals surface area (Å²) in [6.45, 7) is 8.87. The molecule has 1 amide bonds. The maximum atomic E-state index is 14.2. The van der Waals surface area contributed by atoms with Crippen molar-refractivity contribution in [3.63, 3.8) is 0 Å². The number of piperidine rings is 1. The lowest BCUT2D eigenvalue weighted by Gasteiger charge is -2.38. The number of hydrogen-bond donors (Lipinski definition) is 0. The number of anilines is 1. The first-order chi connectivity index (χ1) is 14.8. The molecule has 0 unspecified atom stereocenters. The summed E-state index contributed by atoms with van der Waals surface area (Å²) in [7, 11) is 4.06. The Kier molecular flexibility index (Phi) is 7.84. The van der Waals surface area contributed by atoms with E-state index in [2.05, 4.69) is 30.9 Å². The normalized spacial score (nSPS) is 19.3. The second-order valence-corrected chi connectivity index (χ2v) is 9.18. The molecule has 1 saturated heterocycles. The van der Waals surface area contributed by atoms with Crippen LogP contribution >= 0.6 is 0 Å². The minimum atomic E-state index is -0.162. The van der Waals surface area contributed by atoms with Gasteiger partial charge in [0.25, 0.3) is 0 Å². The Morgan fingerprint density at radius 1 is 1.16 bits per heavy atom. The van der Waals surface area contributed by atoms with Crippen molar-refractivity contribution >= 4 is 11.6 Å². The van der Waals surface area contributed by atoms with E-state index in [1.54, 1.807) is 6.07 Å². The molecule has 0 bridgehead atoms. The van der Waals surface area contributed by atoms with Crippen LogP contribution in [-0.2, 0) is 22.6 Å². The van der Waals surface area contributed by atoms with E-state index in [1.807, 2.05) is 38.1 Å². The zero-order chi connectivity index (χ0) is 22.5. The van der Waals surface area contributed by atoms with Gasteiger partial charge in [-0.15, -0.1) is 0 Å². The smallest absolute Gasteiger partial charge is 0.229 e. The number of hydrogen-bond acceptors (Lipinski definition) is 3. The van der Waals surface area contributed by atoms with Crippen molar-refractivity contribution in [3.05, 3.63) is 64.5 Å². The first-order valence-corrected chi connectivity index (χ1v) is 11.1. The zero-order valence-corrected chi connectivity index (χ0v) is 19.5. The first kappa shape index (κ1) is 23.4. The van der Waals surface area contributed by atoms with Crippen LogP contribution in [0.15, 0.2) is 36.4 Å². The van der Waals surface area contributed by atoms with Crippen molar-refractivity contribution in [2.45, 2.75) is 40.2 Å². The summed E-state index contributed by atoms with van der Waals surface area (Å²) < 4.78 is 20.0. The highest BCUT2D eigenvalue weighted by Crippen LogP contribution is 2.34. The van der Waals surface area contributed by atoms with Gasteiger partial charge in [0.15, 0.2) is 0 Å². The number of nitrogens with zero attached hydrogens (tertiary/aromatic N) is 2. The number of halogens is 1. The average Bonchev–Trinajstić information content (AvgIpc) is 2.70. The molecule has 0 radical (unpaired) electrons. The van der Waals surface area contributed by atoms with Crippen LogP contribution in [-0.4, -0.2) is 44.6 Å². The molecular formula is C26H35FN2O2. The lowest BCUT2D eigenvalue weighted by atomic mass is 9.84. The second-order valence-electron chi connectivity index (χ2n) is 9.18. The third-order valence-electron chi connectivity index (χ3n) is 6.05. The van der Waals surface area contributed by atoms with Gasteiger partial charge in [0.05, 0.1) is 13.2 Å². The summed E-state index contributed by atoms with van der Waals surface area (Å²) in [6.07, 6.45) is 1.44. The molecule has 1 fully saturated rings. The fourth-order valence-corrected chi connectivity index (χ4v) is 4.61. The topological polar surface area (TPSA) is 32.8 Å². The number of aryl methyl sites for hydroxylation is 2. The third kappa shape index (κ3) is 5.92. The van der Waals surface area contributed by atoms with Gasteiger partial charge in [0, 0.05) is 24.7 Å². The first-order valence-electron chi connectivity index (χ1n) is 11.1. The van der Waals surface area contributed by atoms with Crippen molar-refractivity contribution < 1.29 is 13.9 Å². The van der Waals surface area contributed by atoms with Gasteiger partial charge < -0.3 is 14.5 Å². The largest absolute Gasteiger partial charge is 0.375 e. The molecule has 1 aliphatic heterocycles. The van der Waals surface area contributed by atoms with Crippen molar-refractivity contribution in [1.29, 1.82) is 0 Å². The van der Waals surface area contributed by atoms with Crippen LogP contribution in [0, 0.1) is 31.5 Å². The van der Waals surface area contributed by atoms with Crippen LogP contribution in [0.2, 0.25) is 0 Å². The Bertz CT molecular complexity index is 889. The van der Waals surface area contributed by atoms with Crippen molar-refractivity contribution in [1.82, 2.24) is 4.90 Å². The molecule has 1 heterocycles. The third-order valence-corrected chi connectivity index (χ3v) is 6.05. The summed E-state index contributed by atoms with van der Waals surface area (Å²) in [5.74, 6) is 0.159. The summed E-state index contributed by atoms with van der Waals surface area (Å²) in [4.78, 5) is 17.1. The number of ether oxygens (including phenoxy) is 1. The molecule has 0 aromatic heterocycles. The maximum absolute atomic E-state index is 14.2. The molecule has 4 nitrogen and oxygen atoms in total. The lowest BCUT2D eigenvalue weighted by Crippen LogP contribution is -2.46. The minimum absolute atomic E-state index is 0.0710. The molecule has 31 heavy (non-hydrogen) atoms. The number of likely N-dealkylation sites (N-methyl/N-ethyl adjacent to an activating group) is 1. The van der Waals surface area contributed by atoms with Gasteiger partial charge in [-0.1, -0.05) is 37.3 Å². The van der Waals surface area contributed by atoms with Crippen LogP contribution in [0.1, 0.15) is 35.6 Å². The lowest BCUT2D eigenvalue weighted by molar-refractivity contribution is -0.124. The van der Waals surface area contributed by atoms with Crippen LogP contribution in [0.3, 0.4) is 0 Å². The SMILES string of the molecule is Cc1cc(COCCN(C)C)cc(C)c1N1C[C@@H](Cc2ccccc2F)C[C@@H](C)C1=O. The summed E-state index contributed by atoms with van der Waals surface area (Å²) in [5, 5.41) is 0. The standard InChI is InChI=1S/C26H35FN2O2/c1-18-12-22(17-31-11-10-28(4)5)13-19(2)25(18)29-16-21(14-20(3)26(29)30)15-23-8-6-7-9-24(23)27/h6-9,12-13,20-21H,10-11,14-17H2,1-5H3/t20-,21-/m1/s1.